The molecule has 2 aromatic rings. The molecule has 28 heavy (non-hydrogen) atoms. The molecule has 0 fully saturated rings. The predicted molar refractivity (Wildman–Crippen MR) is 92.1 cm³/mol. The maximum absolute atomic E-state index is 13.0. The topological polar surface area (TPSA) is 106 Å². The second-order valence-corrected chi connectivity index (χ2v) is 6.02. The summed E-state index contributed by atoms with van der Waals surface area (Å²) < 4.78 is 44.3. The van der Waals surface area contributed by atoms with Crippen LogP contribution in [0.2, 0.25) is 0 Å². The van der Waals surface area contributed by atoms with E-state index in [4.69, 9.17) is 15.3 Å². The molecule has 9 heteroatoms. The van der Waals surface area contributed by atoms with Crippen LogP contribution < -0.4 is 10.1 Å². The molecule has 0 aliphatic rings. The van der Waals surface area contributed by atoms with Crippen molar-refractivity contribution in [3.05, 3.63) is 59.2 Å². The highest BCUT2D eigenvalue weighted by Crippen LogP contribution is 2.33. The number of aliphatic hydroxyl groups is 1. The maximum Gasteiger partial charge on any atom is 0.417 e. The lowest BCUT2D eigenvalue weighted by molar-refractivity contribution is -0.138. The van der Waals surface area contributed by atoms with Crippen molar-refractivity contribution in [2.45, 2.75) is 18.7 Å². The first-order valence-corrected chi connectivity index (χ1v) is 7.85. The summed E-state index contributed by atoms with van der Waals surface area (Å²) in [6, 6.07) is 12.0. The van der Waals surface area contributed by atoms with Gasteiger partial charge in [-0.25, -0.2) is 0 Å². The predicted octanol–water partition coefficient (Wildman–Crippen LogP) is 3.22. The number of hydrogen-bond acceptors (Lipinski definition) is 5. The molecule has 0 saturated heterocycles. The van der Waals surface area contributed by atoms with Crippen LogP contribution >= 0.6 is 0 Å². The van der Waals surface area contributed by atoms with E-state index in [1.165, 1.54) is 30.3 Å². The molecule has 2 rings (SSSR count). The van der Waals surface area contributed by atoms with Gasteiger partial charge in [0.25, 0.3) is 5.91 Å². The number of amides is 1. The van der Waals surface area contributed by atoms with Crippen LogP contribution in [0.4, 0.5) is 18.9 Å². The van der Waals surface area contributed by atoms with Gasteiger partial charge in [0.1, 0.15) is 12.4 Å². The largest absolute Gasteiger partial charge is 0.490 e. The van der Waals surface area contributed by atoms with Crippen molar-refractivity contribution < 1.29 is 27.8 Å². The Labute approximate surface area is 158 Å². The van der Waals surface area contributed by atoms with Crippen molar-refractivity contribution in [1.82, 2.24) is 0 Å². The van der Waals surface area contributed by atoms with Crippen LogP contribution in [0.1, 0.15) is 23.6 Å². The standard InChI is InChI=1S/C19H14F3N3O3/c1-18(27,11-28-15-6-2-12(9-23)3-7-15)17(26)25-14-5-4-13(10-24)16(8-14)19(20,21)22/h2-8,27H,11H2,1H3,(H,25,26)/t18-/m0/s1/i10+1,24+1. The monoisotopic (exact) mass is 391 g/mol. The average Bonchev–Trinajstić information content (AvgIpc) is 2.66. The van der Waals surface area contributed by atoms with Gasteiger partial charge < -0.3 is 15.2 Å². The Morgan fingerprint density at radius 1 is 1.14 bits per heavy atom. The third kappa shape index (κ3) is 5.00. The Kier molecular flexibility index (Phi) is 5.92. The number of nitriles is 2. The Bertz CT molecular complexity index is 956. The van der Waals surface area contributed by atoms with E-state index < -0.39 is 35.4 Å². The van der Waals surface area contributed by atoms with Crippen molar-refractivity contribution in [2.24, 2.45) is 0 Å². The highest BCUT2D eigenvalue weighted by Gasteiger charge is 2.35. The Morgan fingerprint density at radius 3 is 2.32 bits per heavy atom. The molecule has 2 aromatic carbocycles. The summed E-state index contributed by atoms with van der Waals surface area (Å²) in [7, 11) is 0. The molecule has 0 radical (unpaired) electrons. The van der Waals surface area contributed by atoms with Crippen LogP contribution in [-0.2, 0) is 11.0 Å². The molecule has 0 heterocycles. The SMILES string of the molecule is C[C@](O)(COc1ccc(C#N)cc1)C(=O)Nc1ccc([13C]#[15N])c(C(F)(F)F)c1. The summed E-state index contributed by atoms with van der Waals surface area (Å²) in [5.74, 6) is -0.691. The Hall–Kier alpha value is -3.56. The van der Waals surface area contributed by atoms with Crippen molar-refractivity contribution in [1.29, 1.82) is 10.5 Å². The molecule has 0 unspecified atom stereocenters. The van der Waals surface area contributed by atoms with Gasteiger partial charge in [0, 0.05) is 5.69 Å². The minimum atomic E-state index is -4.77. The summed E-state index contributed by atoms with van der Waals surface area (Å²) in [5, 5.41) is 30.0. The molecule has 0 saturated carbocycles. The fraction of sp³-hybridized carbons (Fsp3) is 0.211. The molecule has 0 aliphatic heterocycles. The summed E-state index contributed by atoms with van der Waals surface area (Å²) >= 11 is 0. The molecule has 1 amide bonds. The molecule has 6 nitrogen and oxygen atoms in total. The van der Waals surface area contributed by atoms with Gasteiger partial charge in [0.05, 0.1) is 28.8 Å². The lowest BCUT2D eigenvalue weighted by Crippen LogP contribution is -2.45. The fourth-order valence-electron chi connectivity index (χ4n) is 2.13. The molecular weight excluding hydrogens is 377 g/mol. The number of carbonyl (C=O) groups excluding carboxylic acids is 1. The van der Waals surface area contributed by atoms with Crippen LogP contribution in [0.5, 0.6) is 5.75 Å². The number of anilines is 1. The van der Waals surface area contributed by atoms with Crippen molar-refractivity contribution >= 4 is 11.6 Å². The van der Waals surface area contributed by atoms with Gasteiger partial charge in [-0.1, -0.05) is 0 Å². The van der Waals surface area contributed by atoms with Gasteiger partial charge >= 0.3 is 6.18 Å². The first-order chi connectivity index (χ1) is 13.1. The van der Waals surface area contributed by atoms with Gasteiger partial charge in [-0.3, -0.25) is 4.79 Å². The van der Waals surface area contributed by atoms with Gasteiger partial charge in [0.2, 0.25) is 0 Å². The third-order valence-electron chi connectivity index (χ3n) is 3.70. The van der Waals surface area contributed by atoms with Crippen molar-refractivity contribution in [2.75, 3.05) is 11.9 Å². The molecule has 144 valence electrons. The Balaban J connectivity index is 2.10. The molecule has 0 spiro atoms. The molecule has 0 aromatic heterocycles. The van der Waals surface area contributed by atoms with Crippen LogP contribution in [0.25, 0.3) is 0 Å². The number of nitrogens with one attached hydrogen (secondary N) is 1. The van der Waals surface area contributed by atoms with Crippen LogP contribution in [0, 0.1) is 22.7 Å². The highest BCUT2D eigenvalue weighted by atomic mass is 19.4. The number of hydrogen-bond donors (Lipinski definition) is 2. The average molecular weight is 391 g/mol. The van der Waals surface area contributed by atoms with E-state index in [2.05, 4.69) is 5.32 Å². The minimum absolute atomic E-state index is 0.227. The zero-order chi connectivity index (χ0) is 20.9. The summed E-state index contributed by atoms with van der Waals surface area (Å²) in [6.45, 7) is 0.660. The smallest absolute Gasteiger partial charge is 0.417 e. The Morgan fingerprint density at radius 2 is 1.79 bits per heavy atom. The van der Waals surface area contributed by atoms with Crippen molar-refractivity contribution in [3.8, 4) is 17.9 Å². The van der Waals surface area contributed by atoms with Crippen LogP contribution in [0.15, 0.2) is 42.5 Å². The lowest BCUT2D eigenvalue weighted by atomic mass is 10.1. The number of carbonyl (C=O) groups is 1. The maximum atomic E-state index is 13.0. The van der Waals surface area contributed by atoms with Crippen LogP contribution in [-0.4, -0.2) is 23.2 Å². The van der Waals surface area contributed by atoms with E-state index in [0.29, 0.717) is 17.4 Å². The second kappa shape index (κ2) is 7.99. The summed E-state index contributed by atoms with van der Waals surface area (Å²) in [5.41, 5.74) is -3.66. The van der Waals surface area contributed by atoms with E-state index in [1.807, 2.05) is 6.07 Å². The van der Waals surface area contributed by atoms with E-state index in [0.717, 1.165) is 19.1 Å². The van der Waals surface area contributed by atoms with E-state index in [1.54, 1.807) is 0 Å². The fourth-order valence-corrected chi connectivity index (χ4v) is 2.13. The third-order valence-corrected chi connectivity index (χ3v) is 3.70. The first-order valence-electron chi connectivity index (χ1n) is 7.85. The number of benzene rings is 2. The van der Waals surface area contributed by atoms with Gasteiger partial charge in [-0.05, 0) is 49.4 Å². The van der Waals surface area contributed by atoms with Gasteiger partial charge in [-0.15, -0.1) is 0 Å². The number of ether oxygens (including phenoxy) is 1. The zero-order valence-electron chi connectivity index (χ0n) is 14.5. The number of halogens is 3. The van der Waals surface area contributed by atoms with Crippen molar-refractivity contribution in [3.63, 3.8) is 0 Å². The number of rotatable bonds is 5. The summed E-state index contributed by atoms with van der Waals surface area (Å²) in [4.78, 5) is 12.2. The number of nitrogens with zero attached hydrogens (tertiary/aromatic N) is 2. The highest BCUT2D eigenvalue weighted by molar-refractivity contribution is 5.97. The number of alkyl halides is 3. The molecule has 0 aliphatic carbocycles. The lowest BCUT2D eigenvalue weighted by Gasteiger charge is -2.23. The quantitative estimate of drug-likeness (QED) is 0.601. The molecular formula is C19H14F3N3O3. The molecule has 0 bridgehead atoms. The minimum Gasteiger partial charge on any atom is -0.490 e. The van der Waals surface area contributed by atoms with Gasteiger partial charge in [-0.2, -0.15) is 23.7 Å². The van der Waals surface area contributed by atoms with E-state index >= 15 is 0 Å². The zero-order valence-corrected chi connectivity index (χ0v) is 14.5. The molecule has 1 atom stereocenters. The first kappa shape index (κ1) is 20.7. The van der Waals surface area contributed by atoms with Crippen LogP contribution in [0.3, 0.4) is 0 Å². The summed E-state index contributed by atoms with van der Waals surface area (Å²) in [6.07, 6.45) is -4.77. The molecule has 2 N–H and O–H groups in total. The normalized spacial score (nSPS) is 13.0. The van der Waals surface area contributed by atoms with E-state index in [-0.39, 0.29) is 5.69 Å². The second-order valence-electron chi connectivity index (χ2n) is 6.02. The van der Waals surface area contributed by atoms with E-state index in [9.17, 15) is 23.1 Å². The van der Waals surface area contributed by atoms with Gasteiger partial charge in [0.15, 0.2) is 5.60 Å².